The molecule has 3 N–H and O–H groups in total. The van der Waals surface area contributed by atoms with Crippen molar-refractivity contribution in [2.45, 2.75) is 57.5 Å². The fourth-order valence-electron chi connectivity index (χ4n) is 3.85. The number of aromatic amines is 1. The largest absolute Gasteiger partial charge is 0.351 e. The third-order valence-corrected chi connectivity index (χ3v) is 5.80. The predicted molar refractivity (Wildman–Crippen MR) is 120 cm³/mol. The highest BCUT2D eigenvalue weighted by molar-refractivity contribution is 6.31. The van der Waals surface area contributed by atoms with Crippen molar-refractivity contribution in [1.82, 2.24) is 25.3 Å². The van der Waals surface area contributed by atoms with Crippen LogP contribution in [0.1, 0.15) is 51.5 Å². The summed E-state index contributed by atoms with van der Waals surface area (Å²) in [6.45, 7) is 3.59. The Hall–Kier alpha value is -3.18. The van der Waals surface area contributed by atoms with Gasteiger partial charge in [0.25, 0.3) is 0 Å². The Bertz CT molecular complexity index is 1160. The minimum atomic E-state index is -0.923. The van der Waals surface area contributed by atoms with Crippen LogP contribution in [0.4, 0.5) is 5.95 Å². The Labute approximate surface area is 185 Å². The molecule has 1 saturated carbocycles. The topological polar surface area (TPSA) is 119 Å². The zero-order valence-corrected chi connectivity index (χ0v) is 18.3. The van der Waals surface area contributed by atoms with Gasteiger partial charge in [-0.15, -0.1) is 0 Å². The van der Waals surface area contributed by atoms with E-state index in [1.165, 1.54) is 12.6 Å². The van der Waals surface area contributed by atoms with Crippen molar-refractivity contribution in [1.29, 1.82) is 5.26 Å². The fraction of sp³-hybridized carbons (Fsp3) is 0.409. The minimum Gasteiger partial charge on any atom is -0.351 e. The maximum atomic E-state index is 12.9. The second-order valence-corrected chi connectivity index (χ2v) is 8.81. The van der Waals surface area contributed by atoms with E-state index in [0.29, 0.717) is 27.5 Å². The number of aromatic nitrogens is 4. The van der Waals surface area contributed by atoms with Gasteiger partial charge in [-0.05, 0) is 32.8 Å². The van der Waals surface area contributed by atoms with Crippen LogP contribution in [0.25, 0.3) is 22.3 Å². The maximum absolute atomic E-state index is 12.9. The van der Waals surface area contributed by atoms with E-state index in [0.717, 1.165) is 31.1 Å². The number of fused-ring (bicyclic) bond motifs is 1. The summed E-state index contributed by atoms with van der Waals surface area (Å²) in [5, 5.41) is 17.1. The van der Waals surface area contributed by atoms with E-state index in [2.05, 4.69) is 36.6 Å². The lowest BCUT2D eigenvalue weighted by Crippen LogP contribution is -2.51. The molecule has 3 aromatic heterocycles. The molecule has 0 radical (unpaired) electrons. The van der Waals surface area contributed by atoms with Crippen LogP contribution in [-0.4, -0.2) is 37.4 Å². The maximum Gasteiger partial charge on any atom is 0.245 e. The number of pyridine rings is 1. The van der Waals surface area contributed by atoms with Gasteiger partial charge in [0.05, 0.1) is 22.5 Å². The smallest absolute Gasteiger partial charge is 0.245 e. The number of nitrogens with one attached hydrogen (secondary N) is 3. The Kier molecular flexibility index (Phi) is 5.79. The zero-order chi connectivity index (χ0) is 22.0. The van der Waals surface area contributed by atoms with Crippen molar-refractivity contribution >= 4 is 34.5 Å². The monoisotopic (exact) mass is 437 g/mol. The highest BCUT2D eigenvalue weighted by Gasteiger charge is 2.31. The molecule has 0 unspecified atom stereocenters. The minimum absolute atomic E-state index is 0.100. The van der Waals surface area contributed by atoms with Gasteiger partial charge in [-0.1, -0.05) is 30.9 Å². The third kappa shape index (κ3) is 4.47. The number of hydrogen-bond acceptors (Lipinski definition) is 6. The third-order valence-electron chi connectivity index (χ3n) is 5.59. The molecule has 0 aromatic carbocycles. The molecule has 4 rings (SSSR count). The van der Waals surface area contributed by atoms with Gasteiger partial charge in [0.2, 0.25) is 11.9 Å². The molecule has 9 heteroatoms. The molecule has 0 bridgehead atoms. The Morgan fingerprint density at radius 3 is 2.77 bits per heavy atom. The van der Waals surface area contributed by atoms with Crippen LogP contribution in [0.15, 0.2) is 24.7 Å². The molecule has 0 spiro atoms. The highest BCUT2D eigenvalue weighted by Crippen LogP contribution is 2.31. The standard InChI is InChI=1S/C22H24ClN7O/c1-22(2,20(31)28-15-6-4-3-5-7-15)30-21-27-10-13(9-24)18(29-21)17-12-26-19-16(17)8-14(23)11-25-19/h8,10-12,15H,3-7H2,1-2H3,(H,25,26)(H,28,31)(H,27,29,30). The first kappa shape index (κ1) is 21.1. The Morgan fingerprint density at radius 1 is 1.26 bits per heavy atom. The van der Waals surface area contributed by atoms with Gasteiger partial charge in [-0.2, -0.15) is 5.26 Å². The van der Waals surface area contributed by atoms with Crippen LogP contribution in [0.3, 0.4) is 0 Å². The summed E-state index contributed by atoms with van der Waals surface area (Å²) in [4.78, 5) is 29.0. The number of carbonyl (C=O) groups excluding carboxylic acids is 1. The molecule has 1 amide bonds. The summed E-state index contributed by atoms with van der Waals surface area (Å²) >= 11 is 6.11. The molecule has 3 aromatic rings. The van der Waals surface area contributed by atoms with Crippen LogP contribution in [0, 0.1) is 11.3 Å². The van der Waals surface area contributed by atoms with Crippen LogP contribution >= 0.6 is 11.6 Å². The molecule has 8 nitrogen and oxygen atoms in total. The molecule has 0 atom stereocenters. The lowest BCUT2D eigenvalue weighted by molar-refractivity contribution is -0.125. The molecule has 1 aliphatic carbocycles. The van der Waals surface area contributed by atoms with Crippen molar-refractivity contribution in [3.05, 3.63) is 35.2 Å². The van der Waals surface area contributed by atoms with Crippen LogP contribution < -0.4 is 10.6 Å². The number of amides is 1. The van der Waals surface area contributed by atoms with E-state index in [-0.39, 0.29) is 17.9 Å². The molecule has 0 aliphatic heterocycles. The number of nitrogens with zero attached hydrogens (tertiary/aromatic N) is 4. The van der Waals surface area contributed by atoms with E-state index in [9.17, 15) is 10.1 Å². The number of halogens is 1. The van der Waals surface area contributed by atoms with Crippen molar-refractivity contribution in [2.24, 2.45) is 0 Å². The molecular weight excluding hydrogens is 414 g/mol. The fourth-order valence-corrected chi connectivity index (χ4v) is 4.01. The Balaban J connectivity index is 1.62. The quantitative estimate of drug-likeness (QED) is 0.550. The van der Waals surface area contributed by atoms with Gasteiger partial charge in [0, 0.05) is 29.4 Å². The van der Waals surface area contributed by atoms with Gasteiger partial charge in [-0.3, -0.25) is 4.79 Å². The number of carbonyl (C=O) groups is 1. The van der Waals surface area contributed by atoms with E-state index < -0.39 is 5.54 Å². The molecule has 160 valence electrons. The van der Waals surface area contributed by atoms with Crippen LogP contribution in [0.5, 0.6) is 0 Å². The summed E-state index contributed by atoms with van der Waals surface area (Å²) in [6, 6.07) is 4.11. The SMILES string of the molecule is CC(C)(Nc1ncc(C#N)c(-c2c[nH]c3ncc(Cl)cc23)n1)C(=O)NC1CCCCC1. The van der Waals surface area contributed by atoms with E-state index in [1.807, 2.05) is 0 Å². The molecular formula is C22H24ClN7O. The summed E-state index contributed by atoms with van der Waals surface area (Å²) in [5.74, 6) is 0.166. The second-order valence-electron chi connectivity index (χ2n) is 8.38. The number of anilines is 1. The summed E-state index contributed by atoms with van der Waals surface area (Å²) < 4.78 is 0. The van der Waals surface area contributed by atoms with E-state index in [4.69, 9.17) is 11.6 Å². The Morgan fingerprint density at radius 2 is 2.03 bits per heavy atom. The van der Waals surface area contributed by atoms with Gasteiger partial charge in [0.1, 0.15) is 17.3 Å². The number of nitriles is 1. The van der Waals surface area contributed by atoms with Crippen molar-refractivity contribution < 1.29 is 4.79 Å². The van der Waals surface area contributed by atoms with Crippen molar-refractivity contribution in [3.8, 4) is 17.3 Å². The van der Waals surface area contributed by atoms with Gasteiger partial charge in [-0.25, -0.2) is 15.0 Å². The lowest BCUT2D eigenvalue weighted by Gasteiger charge is -2.30. The average molecular weight is 438 g/mol. The molecule has 3 heterocycles. The molecule has 1 aliphatic rings. The van der Waals surface area contributed by atoms with Gasteiger partial charge < -0.3 is 15.6 Å². The van der Waals surface area contributed by atoms with Crippen molar-refractivity contribution in [2.75, 3.05) is 5.32 Å². The molecule has 0 saturated heterocycles. The second kappa shape index (κ2) is 8.52. The lowest BCUT2D eigenvalue weighted by atomic mass is 9.94. The zero-order valence-electron chi connectivity index (χ0n) is 17.5. The first-order valence-electron chi connectivity index (χ1n) is 10.4. The average Bonchev–Trinajstić information content (AvgIpc) is 3.17. The predicted octanol–water partition coefficient (Wildman–Crippen LogP) is 4.18. The number of H-pyrrole nitrogens is 1. The van der Waals surface area contributed by atoms with Crippen molar-refractivity contribution in [3.63, 3.8) is 0 Å². The van der Waals surface area contributed by atoms with Crippen LogP contribution in [-0.2, 0) is 4.79 Å². The molecule has 1 fully saturated rings. The van der Waals surface area contributed by atoms with Crippen LogP contribution in [0.2, 0.25) is 5.02 Å². The van der Waals surface area contributed by atoms with Gasteiger partial charge in [0.15, 0.2) is 0 Å². The summed E-state index contributed by atoms with van der Waals surface area (Å²) in [5.41, 5.74) is 1.17. The van der Waals surface area contributed by atoms with E-state index in [1.54, 1.807) is 32.3 Å². The first-order chi connectivity index (χ1) is 14.9. The van der Waals surface area contributed by atoms with E-state index >= 15 is 0 Å². The highest BCUT2D eigenvalue weighted by atomic mass is 35.5. The summed E-state index contributed by atoms with van der Waals surface area (Å²) in [6.07, 6.45) is 10.3. The normalized spacial score (nSPS) is 14.9. The number of rotatable bonds is 5. The number of hydrogen-bond donors (Lipinski definition) is 3. The molecule has 31 heavy (non-hydrogen) atoms. The first-order valence-corrected chi connectivity index (χ1v) is 10.7. The van der Waals surface area contributed by atoms with Gasteiger partial charge >= 0.3 is 0 Å². The summed E-state index contributed by atoms with van der Waals surface area (Å²) in [7, 11) is 0.